The van der Waals surface area contributed by atoms with Crippen LogP contribution in [0.25, 0.3) is 11.5 Å². The number of tetrazole rings is 1. The number of hydrogen-bond acceptors (Lipinski definition) is 8. The predicted molar refractivity (Wildman–Crippen MR) is 126 cm³/mol. The van der Waals surface area contributed by atoms with Crippen LogP contribution in [-0.2, 0) is 23.3 Å². The van der Waals surface area contributed by atoms with Crippen LogP contribution in [0.15, 0.2) is 30.3 Å². The lowest BCUT2D eigenvalue weighted by molar-refractivity contribution is 0.102. The van der Waals surface area contributed by atoms with Gasteiger partial charge in [0.05, 0.1) is 18.2 Å². The fourth-order valence-corrected chi connectivity index (χ4v) is 6.01. The number of carbonyl (C=O) groups is 1. The highest BCUT2D eigenvalue weighted by atomic mass is 32.2. The molecule has 36 heavy (non-hydrogen) atoms. The van der Waals surface area contributed by atoms with Gasteiger partial charge < -0.3 is 10.4 Å². The van der Waals surface area contributed by atoms with Crippen LogP contribution >= 0.6 is 0 Å². The molecule has 1 amide bonds. The Hall–Kier alpha value is -3.33. The van der Waals surface area contributed by atoms with Gasteiger partial charge in [0, 0.05) is 26.2 Å². The number of fused-ring (bicyclic) bond motifs is 1. The van der Waals surface area contributed by atoms with Gasteiger partial charge in [-0.15, -0.1) is 5.10 Å². The van der Waals surface area contributed by atoms with Crippen molar-refractivity contribution < 1.29 is 22.7 Å². The largest absolute Gasteiger partial charge is 0.394 e. The molecule has 0 saturated carbocycles. The molecule has 2 aliphatic heterocycles. The summed E-state index contributed by atoms with van der Waals surface area (Å²) in [5.74, 6) is -1.01. The highest BCUT2D eigenvalue weighted by Gasteiger charge is 2.36. The first kappa shape index (κ1) is 24.4. The molecule has 5 rings (SSSR count). The van der Waals surface area contributed by atoms with Crippen molar-refractivity contribution >= 4 is 21.9 Å². The second-order valence-electron chi connectivity index (χ2n) is 8.82. The smallest absolute Gasteiger partial charge is 0.282 e. The predicted octanol–water partition coefficient (Wildman–Crippen LogP) is 1.34. The molecule has 12 nitrogen and oxygen atoms in total. The zero-order valence-corrected chi connectivity index (χ0v) is 20.3. The molecule has 4 heterocycles. The molecular weight excluding hydrogens is 491 g/mol. The van der Waals surface area contributed by atoms with E-state index in [1.54, 1.807) is 25.1 Å². The zero-order valence-electron chi connectivity index (χ0n) is 19.5. The van der Waals surface area contributed by atoms with Gasteiger partial charge in [0.25, 0.3) is 16.1 Å². The van der Waals surface area contributed by atoms with Crippen LogP contribution in [0.2, 0.25) is 0 Å². The van der Waals surface area contributed by atoms with Crippen molar-refractivity contribution in [1.29, 1.82) is 0 Å². The van der Waals surface area contributed by atoms with E-state index in [2.05, 4.69) is 25.8 Å². The number of halogens is 1. The van der Waals surface area contributed by atoms with E-state index in [-0.39, 0.29) is 37.1 Å². The SMILES string of the molecule is C[C@H](CO)n1nnnc1-c1cccc(NC(=O)c2cc3c(cc2F)CN(S(=O)(=O)N2CCCC2)C3)n1. The van der Waals surface area contributed by atoms with E-state index in [1.807, 2.05) is 0 Å². The number of aliphatic hydroxyl groups is 1. The Labute approximate surface area is 206 Å². The van der Waals surface area contributed by atoms with Crippen LogP contribution in [0, 0.1) is 5.82 Å². The standard InChI is InChI=1S/C22H25FN8O4S/c1-14(13-32)31-21(26-27-28-31)19-5-4-6-20(24-19)25-22(33)17-9-15-11-30(12-16(15)10-18(17)23)36(34,35)29-7-2-3-8-29/h4-6,9-10,14,32H,2-3,7-8,11-13H2,1H3,(H,24,25,33)/t14-/m1/s1. The molecule has 0 unspecified atom stereocenters. The molecule has 0 radical (unpaired) electrons. The number of carbonyl (C=O) groups excluding carboxylic acids is 1. The first-order valence-corrected chi connectivity index (χ1v) is 12.9. The zero-order chi connectivity index (χ0) is 25.4. The first-order chi connectivity index (χ1) is 17.3. The molecule has 190 valence electrons. The summed E-state index contributed by atoms with van der Waals surface area (Å²) >= 11 is 0. The average molecular weight is 517 g/mol. The maximum atomic E-state index is 14.9. The normalized spacial score (nSPS) is 17.3. The third-order valence-corrected chi connectivity index (χ3v) is 8.27. The second-order valence-corrected chi connectivity index (χ2v) is 10.8. The van der Waals surface area contributed by atoms with Crippen LogP contribution < -0.4 is 5.32 Å². The first-order valence-electron chi connectivity index (χ1n) is 11.5. The molecule has 1 fully saturated rings. The van der Waals surface area contributed by atoms with Crippen molar-refractivity contribution in [3.8, 4) is 11.5 Å². The molecular formula is C22H25FN8O4S. The quantitative estimate of drug-likeness (QED) is 0.478. The number of aliphatic hydroxyl groups excluding tert-OH is 1. The van der Waals surface area contributed by atoms with E-state index in [1.165, 1.54) is 25.4 Å². The number of hydrogen-bond donors (Lipinski definition) is 2. The molecule has 0 spiro atoms. The van der Waals surface area contributed by atoms with Crippen molar-refractivity contribution in [2.45, 2.75) is 38.9 Å². The van der Waals surface area contributed by atoms with Crippen LogP contribution in [0.3, 0.4) is 0 Å². The number of nitrogens with zero attached hydrogens (tertiary/aromatic N) is 7. The topological polar surface area (TPSA) is 146 Å². The van der Waals surface area contributed by atoms with Crippen LogP contribution in [0.4, 0.5) is 10.2 Å². The minimum absolute atomic E-state index is 0.0670. The summed E-state index contributed by atoms with van der Waals surface area (Å²) in [5.41, 5.74) is 1.27. The molecule has 2 aliphatic rings. The molecule has 3 aromatic rings. The summed E-state index contributed by atoms with van der Waals surface area (Å²) in [6.45, 7) is 2.66. The highest BCUT2D eigenvalue weighted by molar-refractivity contribution is 7.86. The molecule has 1 atom stereocenters. The number of benzene rings is 1. The molecule has 0 aliphatic carbocycles. The van der Waals surface area contributed by atoms with Gasteiger partial charge in [0.1, 0.15) is 17.3 Å². The van der Waals surface area contributed by atoms with Gasteiger partial charge in [-0.05, 0) is 65.6 Å². The monoisotopic (exact) mass is 516 g/mol. The molecule has 2 aromatic heterocycles. The third-order valence-electron chi connectivity index (χ3n) is 6.34. The molecule has 14 heteroatoms. The van der Waals surface area contributed by atoms with Gasteiger partial charge in [-0.25, -0.2) is 14.1 Å². The van der Waals surface area contributed by atoms with Gasteiger partial charge >= 0.3 is 0 Å². The maximum absolute atomic E-state index is 14.9. The van der Waals surface area contributed by atoms with Crippen molar-refractivity contribution in [1.82, 2.24) is 33.8 Å². The van der Waals surface area contributed by atoms with E-state index in [4.69, 9.17) is 0 Å². The fourth-order valence-electron chi connectivity index (χ4n) is 4.36. The maximum Gasteiger partial charge on any atom is 0.282 e. The van der Waals surface area contributed by atoms with E-state index in [0.29, 0.717) is 35.7 Å². The number of aromatic nitrogens is 5. The fraction of sp³-hybridized carbons (Fsp3) is 0.409. The van der Waals surface area contributed by atoms with Gasteiger partial charge in [0.2, 0.25) is 5.82 Å². The van der Waals surface area contributed by atoms with Crippen LogP contribution in [0.1, 0.15) is 47.3 Å². The van der Waals surface area contributed by atoms with E-state index < -0.39 is 21.9 Å². The number of anilines is 1. The minimum atomic E-state index is -3.64. The molecule has 0 bridgehead atoms. The number of amides is 1. The van der Waals surface area contributed by atoms with Crippen molar-refractivity contribution in [2.75, 3.05) is 25.0 Å². The van der Waals surface area contributed by atoms with Gasteiger partial charge in [-0.2, -0.15) is 17.0 Å². The minimum Gasteiger partial charge on any atom is -0.394 e. The van der Waals surface area contributed by atoms with E-state index >= 15 is 0 Å². The summed E-state index contributed by atoms with van der Waals surface area (Å²) in [6, 6.07) is 7.06. The third kappa shape index (κ3) is 4.48. The molecule has 2 N–H and O–H groups in total. The van der Waals surface area contributed by atoms with E-state index in [9.17, 15) is 22.7 Å². The summed E-state index contributed by atoms with van der Waals surface area (Å²) in [7, 11) is -3.64. The lowest BCUT2D eigenvalue weighted by Gasteiger charge is -2.22. The summed E-state index contributed by atoms with van der Waals surface area (Å²) in [6.07, 6.45) is 1.65. The Morgan fingerprint density at radius 2 is 1.89 bits per heavy atom. The van der Waals surface area contributed by atoms with E-state index in [0.717, 1.165) is 12.8 Å². The number of nitrogens with one attached hydrogen (secondary N) is 1. The van der Waals surface area contributed by atoms with Crippen LogP contribution in [0.5, 0.6) is 0 Å². The summed E-state index contributed by atoms with van der Waals surface area (Å²) < 4.78 is 44.9. The summed E-state index contributed by atoms with van der Waals surface area (Å²) in [5, 5.41) is 23.4. The lowest BCUT2D eigenvalue weighted by Crippen LogP contribution is -2.39. The van der Waals surface area contributed by atoms with Gasteiger partial charge in [-0.3, -0.25) is 4.79 Å². The Morgan fingerprint density at radius 1 is 1.17 bits per heavy atom. The van der Waals surface area contributed by atoms with Crippen molar-refractivity contribution in [2.24, 2.45) is 0 Å². The molecule has 1 aromatic carbocycles. The Morgan fingerprint density at radius 3 is 2.61 bits per heavy atom. The average Bonchev–Trinajstić information content (AvgIpc) is 3.64. The number of pyridine rings is 1. The highest BCUT2D eigenvalue weighted by Crippen LogP contribution is 2.30. The van der Waals surface area contributed by atoms with Gasteiger partial charge in [-0.1, -0.05) is 6.07 Å². The van der Waals surface area contributed by atoms with Crippen LogP contribution in [-0.4, -0.2) is 72.9 Å². The summed E-state index contributed by atoms with van der Waals surface area (Å²) in [4.78, 5) is 17.3. The molecule has 1 saturated heterocycles. The van der Waals surface area contributed by atoms with Crippen molar-refractivity contribution in [3.63, 3.8) is 0 Å². The lowest BCUT2D eigenvalue weighted by atomic mass is 10.1. The Kier molecular flexibility index (Phi) is 6.51. The second kappa shape index (κ2) is 9.61. The van der Waals surface area contributed by atoms with Gasteiger partial charge in [0.15, 0.2) is 0 Å². The Bertz CT molecular complexity index is 1410. The number of rotatable bonds is 7. The Balaban J connectivity index is 1.35. The van der Waals surface area contributed by atoms with Crippen molar-refractivity contribution in [3.05, 3.63) is 52.8 Å².